The number of hydrogen-bond acceptors (Lipinski definition) is 3. The Labute approximate surface area is 163 Å². The van der Waals surface area contributed by atoms with Crippen molar-refractivity contribution in [3.63, 3.8) is 0 Å². The Bertz CT molecular complexity index is 724. The molecule has 2 aromatic carbocycles. The minimum Gasteiger partial charge on any atom is -0.491 e. The third kappa shape index (κ3) is 6.81. The third-order valence-electron chi connectivity index (χ3n) is 3.48. The van der Waals surface area contributed by atoms with Gasteiger partial charge < -0.3 is 10.1 Å². The predicted molar refractivity (Wildman–Crippen MR) is 107 cm³/mol. The topological polar surface area (TPSA) is 38.3 Å². The van der Waals surface area contributed by atoms with E-state index in [1.807, 2.05) is 50.2 Å². The number of ether oxygens (including phenoxy) is 1. The maximum absolute atomic E-state index is 12.0. The summed E-state index contributed by atoms with van der Waals surface area (Å²) in [5, 5.41) is 4.02. The lowest BCUT2D eigenvalue weighted by atomic mass is 10.2. The van der Waals surface area contributed by atoms with Crippen LogP contribution in [0.3, 0.4) is 0 Å². The molecule has 0 radical (unpaired) electrons. The van der Waals surface area contributed by atoms with Crippen molar-refractivity contribution in [2.75, 3.05) is 12.4 Å². The second kappa shape index (κ2) is 9.95. The summed E-state index contributed by atoms with van der Waals surface area (Å²) in [5.41, 5.74) is 2.13. The maximum atomic E-state index is 12.0. The van der Waals surface area contributed by atoms with Gasteiger partial charge in [-0.3, -0.25) is 4.79 Å². The quantitative estimate of drug-likeness (QED) is 0.671. The summed E-state index contributed by atoms with van der Waals surface area (Å²) in [6.45, 7) is 4.37. The summed E-state index contributed by atoms with van der Waals surface area (Å²) in [4.78, 5) is 12.0. The Hall–Kier alpha value is -1.36. The van der Waals surface area contributed by atoms with Gasteiger partial charge in [-0.15, -0.1) is 11.8 Å². The molecule has 0 heterocycles. The highest BCUT2D eigenvalue weighted by atomic mass is 35.5. The molecule has 0 fully saturated rings. The number of nitrogens with one attached hydrogen (secondary N) is 1. The summed E-state index contributed by atoms with van der Waals surface area (Å²) >= 11 is 13.4. The molecule has 25 heavy (non-hydrogen) atoms. The highest BCUT2D eigenvalue weighted by Gasteiger charge is 2.09. The average Bonchev–Trinajstić information content (AvgIpc) is 2.57. The van der Waals surface area contributed by atoms with Crippen LogP contribution in [0, 0.1) is 6.92 Å². The Morgan fingerprint density at radius 3 is 2.68 bits per heavy atom. The minimum atomic E-state index is -0.0577. The molecule has 0 spiro atoms. The summed E-state index contributed by atoms with van der Waals surface area (Å²) in [5.74, 6) is 1.93. The van der Waals surface area contributed by atoms with Crippen LogP contribution < -0.4 is 10.1 Å². The number of benzene rings is 2. The SMILES string of the molecule is Cc1ccccc1OC[C@H](C)NC(=O)CSCc1ccc(Cl)c(Cl)c1. The van der Waals surface area contributed by atoms with Gasteiger partial charge in [-0.05, 0) is 43.2 Å². The Kier molecular flexibility index (Phi) is 7.94. The molecule has 1 atom stereocenters. The molecule has 0 aliphatic heterocycles. The lowest BCUT2D eigenvalue weighted by Crippen LogP contribution is -2.37. The van der Waals surface area contributed by atoms with Crippen LogP contribution in [0.1, 0.15) is 18.1 Å². The van der Waals surface area contributed by atoms with E-state index in [0.717, 1.165) is 16.9 Å². The molecule has 0 saturated carbocycles. The van der Waals surface area contributed by atoms with Crippen LogP contribution >= 0.6 is 35.0 Å². The molecular weight excluding hydrogens is 377 g/mol. The van der Waals surface area contributed by atoms with Crippen molar-refractivity contribution >= 4 is 40.9 Å². The highest BCUT2D eigenvalue weighted by Crippen LogP contribution is 2.24. The summed E-state index contributed by atoms with van der Waals surface area (Å²) in [6.07, 6.45) is 0. The molecule has 134 valence electrons. The number of rotatable bonds is 8. The lowest BCUT2D eigenvalue weighted by molar-refractivity contribution is -0.119. The normalized spacial score (nSPS) is 11.8. The molecule has 0 aliphatic carbocycles. The van der Waals surface area contributed by atoms with E-state index in [-0.39, 0.29) is 11.9 Å². The van der Waals surface area contributed by atoms with Gasteiger partial charge in [0.1, 0.15) is 12.4 Å². The first kappa shape index (κ1) is 20.0. The van der Waals surface area contributed by atoms with Gasteiger partial charge in [0.2, 0.25) is 5.91 Å². The fraction of sp³-hybridized carbons (Fsp3) is 0.316. The number of amides is 1. The second-order valence-corrected chi connectivity index (χ2v) is 7.59. The van der Waals surface area contributed by atoms with Crippen LogP contribution in [0.4, 0.5) is 0 Å². The number of thioether (sulfide) groups is 1. The molecule has 0 bridgehead atoms. The average molecular weight is 398 g/mol. The lowest BCUT2D eigenvalue weighted by Gasteiger charge is -2.16. The minimum absolute atomic E-state index is 0.00839. The van der Waals surface area contributed by atoms with E-state index in [9.17, 15) is 4.79 Å². The molecule has 3 nitrogen and oxygen atoms in total. The van der Waals surface area contributed by atoms with Gasteiger partial charge in [0.05, 0.1) is 21.8 Å². The number of aryl methyl sites for hydroxylation is 1. The maximum Gasteiger partial charge on any atom is 0.230 e. The van der Waals surface area contributed by atoms with Gasteiger partial charge in [0.15, 0.2) is 0 Å². The summed E-state index contributed by atoms with van der Waals surface area (Å²) in [6, 6.07) is 13.3. The van der Waals surface area contributed by atoms with Crippen molar-refractivity contribution in [3.05, 3.63) is 63.6 Å². The van der Waals surface area contributed by atoms with Crippen molar-refractivity contribution in [3.8, 4) is 5.75 Å². The molecule has 2 aromatic rings. The smallest absolute Gasteiger partial charge is 0.230 e. The molecule has 0 saturated heterocycles. The van der Waals surface area contributed by atoms with Gasteiger partial charge in [-0.25, -0.2) is 0 Å². The van der Waals surface area contributed by atoms with Crippen molar-refractivity contribution in [1.29, 1.82) is 0 Å². The van der Waals surface area contributed by atoms with Crippen LogP contribution in [-0.2, 0) is 10.5 Å². The van der Waals surface area contributed by atoms with Crippen LogP contribution in [-0.4, -0.2) is 24.3 Å². The van der Waals surface area contributed by atoms with Gasteiger partial charge in [-0.2, -0.15) is 0 Å². The van der Waals surface area contributed by atoms with Crippen LogP contribution in [0.25, 0.3) is 0 Å². The van der Waals surface area contributed by atoms with E-state index in [4.69, 9.17) is 27.9 Å². The molecule has 0 unspecified atom stereocenters. The third-order valence-corrected chi connectivity index (χ3v) is 5.22. The predicted octanol–water partition coefficient (Wildman–Crippen LogP) is 5.12. The van der Waals surface area contributed by atoms with E-state index < -0.39 is 0 Å². The van der Waals surface area contributed by atoms with Crippen LogP contribution in [0.2, 0.25) is 10.0 Å². The van der Waals surface area contributed by atoms with Crippen molar-refractivity contribution in [2.24, 2.45) is 0 Å². The first-order valence-electron chi connectivity index (χ1n) is 7.95. The Balaban J connectivity index is 1.69. The fourth-order valence-corrected chi connectivity index (χ4v) is 3.29. The molecule has 1 N–H and O–H groups in total. The largest absolute Gasteiger partial charge is 0.491 e. The molecule has 2 rings (SSSR count). The Morgan fingerprint density at radius 2 is 1.96 bits per heavy atom. The molecular formula is C19H21Cl2NO2S. The van der Waals surface area contributed by atoms with Crippen LogP contribution in [0.15, 0.2) is 42.5 Å². The first-order chi connectivity index (χ1) is 12.0. The first-order valence-corrected chi connectivity index (χ1v) is 9.86. The van der Waals surface area contributed by atoms with Gasteiger partial charge >= 0.3 is 0 Å². The van der Waals surface area contributed by atoms with Crippen LogP contribution in [0.5, 0.6) is 5.75 Å². The zero-order valence-electron chi connectivity index (χ0n) is 14.2. The van der Waals surface area contributed by atoms with Crippen molar-refractivity contribution in [2.45, 2.75) is 25.6 Å². The number of carbonyl (C=O) groups is 1. The van der Waals surface area contributed by atoms with Gasteiger partial charge in [0, 0.05) is 5.75 Å². The summed E-state index contributed by atoms with van der Waals surface area (Å²) < 4.78 is 5.75. The van der Waals surface area contributed by atoms with E-state index in [1.165, 1.54) is 11.8 Å². The van der Waals surface area contributed by atoms with E-state index in [1.54, 1.807) is 6.07 Å². The van der Waals surface area contributed by atoms with E-state index in [2.05, 4.69) is 5.32 Å². The zero-order valence-corrected chi connectivity index (χ0v) is 16.5. The number of halogens is 2. The van der Waals surface area contributed by atoms with E-state index in [0.29, 0.717) is 28.2 Å². The standard InChI is InChI=1S/C19H21Cl2NO2S/c1-13-5-3-4-6-18(13)24-10-14(2)22-19(23)12-25-11-15-7-8-16(20)17(21)9-15/h3-9,14H,10-12H2,1-2H3,(H,22,23)/t14-/m0/s1. The van der Waals surface area contributed by atoms with E-state index >= 15 is 0 Å². The number of hydrogen-bond donors (Lipinski definition) is 1. The Morgan fingerprint density at radius 1 is 1.20 bits per heavy atom. The molecule has 0 aliphatic rings. The fourth-order valence-electron chi connectivity index (χ4n) is 2.18. The summed E-state index contributed by atoms with van der Waals surface area (Å²) in [7, 11) is 0. The molecule has 0 aromatic heterocycles. The number of para-hydroxylation sites is 1. The second-order valence-electron chi connectivity index (χ2n) is 5.79. The number of carbonyl (C=O) groups excluding carboxylic acids is 1. The van der Waals surface area contributed by atoms with Crippen molar-refractivity contribution in [1.82, 2.24) is 5.32 Å². The highest BCUT2D eigenvalue weighted by molar-refractivity contribution is 7.99. The van der Waals surface area contributed by atoms with Gasteiger partial charge in [-0.1, -0.05) is 47.5 Å². The molecule has 6 heteroatoms. The van der Waals surface area contributed by atoms with Gasteiger partial charge in [0.25, 0.3) is 0 Å². The zero-order chi connectivity index (χ0) is 18.2. The van der Waals surface area contributed by atoms with Crippen molar-refractivity contribution < 1.29 is 9.53 Å². The monoisotopic (exact) mass is 397 g/mol. The molecule has 1 amide bonds.